The van der Waals surface area contributed by atoms with Crippen LogP contribution in [0, 0.1) is 13.8 Å². The first-order valence-electron chi connectivity index (χ1n) is 9.93. The van der Waals surface area contributed by atoms with Gasteiger partial charge in [-0.2, -0.15) is 0 Å². The predicted molar refractivity (Wildman–Crippen MR) is 122 cm³/mol. The lowest BCUT2D eigenvalue weighted by atomic mass is 10.1. The van der Waals surface area contributed by atoms with Crippen molar-refractivity contribution in [3.8, 4) is 5.75 Å². The number of hydrogen-bond donors (Lipinski definition) is 2. The van der Waals surface area contributed by atoms with Crippen LogP contribution in [0.25, 0.3) is 0 Å². The SMILES string of the molecule is Cc1ccc(S(=O)(=O)Nc2cc(C(=O)NC(C)COc3ccccc3)ccc2C)cc1. The van der Waals surface area contributed by atoms with Crippen LogP contribution in [-0.4, -0.2) is 27.0 Å². The second-order valence-electron chi connectivity index (χ2n) is 7.45. The van der Waals surface area contributed by atoms with E-state index in [1.807, 2.05) is 44.2 Å². The van der Waals surface area contributed by atoms with Gasteiger partial charge in [-0.15, -0.1) is 0 Å². The third kappa shape index (κ3) is 6.08. The Bertz CT molecular complexity index is 1140. The first-order chi connectivity index (χ1) is 14.7. The maximum Gasteiger partial charge on any atom is 0.261 e. The highest BCUT2D eigenvalue weighted by molar-refractivity contribution is 7.92. The highest BCUT2D eigenvalue weighted by atomic mass is 32.2. The van der Waals surface area contributed by atoms with Gasteiger partial charge in [0.25, 0.3) is 15.9 Å². The van der Waals surface area contributed by atoms with E-state index in [-0.39, 0.29) is 16.8 Å². The maximum atomic E-state index is 12.7. The Labute approximate surface area is 183 Å². The molecule has 1 amide bonds. The van der Waals surface area contributed by atoms with Crippen LogP contribution in [-0.2, 0) is 10.0 Å². The van der Waals surface area contributed by atoms with E-state index in [2.05, 4.69) is 10.0 Å². The maximum absolute atomic E-state index is 12.7. The van der Waals surface area contributed by atoms with E-state index in [0.29, 0.717) is 23.4 Å². The topological polar surface area (TPSA) is 84.5 Å². The number of amides is 1. The Kier molecular flexibility index (Phi) is 6.97. The lowest BCUT2D eigenvalue weighted by molar-refractivity contribution is 0.0926. The molecule has 0 fully saturated rings. The van der Waals surface area contributed by atoms with Crippen LogP contribution in [0.1, 0.15) is 28.4 Å². The first-order valence-corrected chi connectivity index (χ1v) is 11.4. The summed E-state index contributed by atoms with van der Waals surface area (Å²) in [7, 11) is -3.76. The summed E-state index contributed by atoms with van der Waals surface area (Å²) in [5.74, 6) is 0.423. The number of carbonyl (C=O) groups excluding carboxylic acids is 1. The molecule has 7 heteroatoms. The predicted octanol–water partition coefficient (Wildman–Crippen LogP) is 4.30. The van der Waals surface area contributed by atoms with Gasteiger partial charge in [-0.3, -0.25) is 9.52 Å². The molecule has 0 spiro atoms. The summed E-state index contributed by atoms with van der Waals surface area (Å²) in [6.07, 6.45) is 0. The van der Waals surface area contributed by atoms with E-state index in [0.717, 1.165) is 11.3 Å². The summed E-state index contributed by atoms with van der Waals surface area (Å²) in [6.45, 7) is 5.83. The summed E-state index contributed by atoms with van der Waals surface area (Å²) < 4.78 is 33.7. The summed E-state index contributed by atoms with van der Waals surface area (Å²) in [5.41, 5.74) is 2.41. The fourth-order valence-corrected chi connectivity index (χ4v) is 4.00. The van der Waals surface area contributed by atoms with E-state index in [9.17, 15) is 13.2 Å². The van der Waals surface area contributed by atoms with Gasteiger partial charge in [0, 0.05) is 5.56 Å². The van der Waals surface area contributed by atoms with Crippen molar-refractivity contribution in [3.63, 3.8) is 0 Å². The van der Waals surface area contributed by atoms with E-state index in [1.165, 1.54) is 0 Å². The van der Waals surface area contributed by atoms with Crippen LogP contribution in [0.4, 0.5) is 5.69 Å². The number of ether oxygens (including phenoxy) is 1. The third-order valence-electron chi connectivity index (χ3n) is 4.70. The Balaban J connectivity index is 1.68. The highest BCUT2D eigenvalue weighted by Crippen LogP contribution is 2.22. The van der Waals surface area contributed by atoms with Crippen molar-refractivity contribution in [2.45, 2.75) is 31.7 Å². The Morgan fingerprint density at radius 2 is 1.65 bits per heavy atom. The van der Waals surface area contributed by atoms with Crippen molar-refractivity contribution in [2.24, 2.45) is 0 Å². The number of hydrogen-bond acceptors (Lipinski definition) is 4. The molecule has 0 bridgehead atoms. The molecule has 0 aliphatic heterocycles. The van der Waals surface area contributed by atoms with Gasteiger partial charge in [0.05, 0.1) is 16.6 Å². The minimum absolute atomic E-state index is 0.166. The molecule has 0 saturated heterocycles. The summed E-state index contributed by atoms with van der Waals surface area (Å²) >= 11 is 0. The van der Waals surface area contributed by atoms with Gasteiger partial charge in [0.15, 0.2) is 0 Å². The molecule has 2 N–H and O–H groups in total. The number of aryl methyl sites for hydroxylation is 2. The van der Waals surface area contributed by atoms with Gasteiger partial charge in [0.1, 0.15) is 12.4 Å². The molecule has 0 saturated carbocycles. The molecule has 3 aromatic carbocycles. The molecule has 1 atom stereocenters. The summed E-state index contributed by atoms with van der Waals surface area (Å²) in [6, 6.07) is 20.6. The van der Waals surface area contributed by atoms with Gasteiger partial charge in [-0.25, -0.2) is 8.42 Å². The van der Waals surface area contributed by atoms with Crippen LogP contribution in [0.3, 0.4) is 0 Å². The van der Waals surface area contributed by atoms with Crippen LogP contribution >= 0.6 is 0 Å². The molecule has 0 aliphatic carbocycles. The largest absolute Gasteiger partial charge is 0.491 e. The van der Waals surface area contributed by atoms with Gasteiger partial charge < -0.3 is 10.1 Å². The molecule has 0 aliphatic rings. The van der Waals surface area contributed by atoms with Crippen LogP contribution < -0.4 is 14.8 Å². The second kappa shape index (κ2) is 9.66. The van der Waals surface area contributed by atoms with Crippen molar-refractivity contribution >= 4 is 21.6 Å². The van der Waals surface area contributed by atoms with Crippen molar-refractivity contribution < 1.29 is 17.9 Å². The summed E-state index contributed by atoms with van der Waals surface area (Å²) in [5, 5.41) is 2.87. The number of para-hydroxylation sites is 1. The van der Waals surface area contributed by atoms with Crippen LogP contribution in [0.5, 0.6) is 5.75 Å². The van der Waals surface area contributed by atoms with Gasteiger partial charge in [-0.1, -0.05) is 42.0 Å². The molecule has 0 aromatic heterocycles. The smallest absolute Gasteiger partial charge is 0.261 e. The fourth-order valence-electron chi connectivity index (χ4n) is 2.88. The summed E-state index contributed by atoms with van der Waals surface area (Å²) in [4.78, 5) is 12.8. The fraction of sp³-hybridized carbons (Fsp3) is 0.208. The lowest BCUT2D eigenvalue weighted by Gasteiger charge is -2.16. The number of benzene rings is 3. The Morgan fingerprint density at radius 1 is 0.968 bits per heavy atom. The van der Waals surface area contributed by atoms with Crippen LogP contribution in [0.15, 0.2) is 77.7 Å². The quantitative estimate of drug-likeness (QED) is 0.549. The zero-order valence-corrected chi connectivity index (χ0v) is 18.6. The number of sulfonamides is 1. The Morgan fingerprint density at radius 3 is 2.32 bits per heavy atom. The molecule has 6 nitrogen and oxygen atoms in total. The van der Waals surface area contributed by atoms with Crippen molar-refractivity contribution in [1.29, 1.82) is 0 Å². The van der Waals surface area contributed by atoms with Gasteiger partial charge in [-0.05, 0) is 62.7 Å². The lowest BCUT2D eigenvalue weighted by Crippen LogP contribution is -2.36. The molecule has 3 rings (SSSR count). The van der Waals surface area contributed by atoms with Gasteiger partial charge >= 0.3 is 0 Å². The van der Waals surface area contributed by atoms with Crippen LogP contribution in [0.2, 0.25) is 0 Å². The first kappa shape index (κ1) is 22.4. The Hall–Kier alpha value is -3.32. The van der Waals surface area contributed by atoms with Crippen molar-refractivity contribution in [2.75, 3.05) is 11.3 Å². The zero-order valence-electron chi connectivity index (χ0n) is 17.8. The number of rotatable bonds is 8. The standard InChI is InChI=1S/C24H26N2O4S/c1-17-9-13-22(14-10-17)31(28,29)26-23-15-20(12-11-18(23)2)24(27)25-19(3)16-30-21-7-5-4-6-8-21/h4-15,19,26H,16H2,1-3H3,(H,25,27). The highest BCUT2D eigenvalue weighted by Gasteiger charge is 2.17. The number of anilines is 1. The molecule has 3 aromatic rings. The van der Waals surface area contributed by atoms with Gasteiger partial charge in [0.2, 0.25) is 0 Å². The zero-order chi connectivity index (χ0) is 22.4. The molecule has 0 radical (unpaired) electrons. The van der Waals surface area contributed by atoms with E-state index >= 15 is 0 Å². The third-order valence-corrected chi connectivity index (χ3v) is 6.08. The normalized spacial score (nSPS) is 12.1. The average Bonchev–Trinajstić information content (AvgIpc) is 2.74. The molecular weight excluding hydrogens is 412 g/mol. The molecule has 162 valence electrons. The molecular formula is C24H26N2O4S. The molecule has 0 heterocycles. The van der Waals surface area contributed by atoms with Crippen molar-refractivity contribution in [3.05, 3.63) is 89.5 Å². The molecule has 1 unspecified atom stereocenters. The van der Waals surface area contributed by atoms with E-state index in [1.54, 1.807) is 49.4 Å². The molecule has 31 heavy (non-hydrogen) atoms. The van der Waals surface area contributed by atoms with E-state index in [4.69, 9.17) is 4.74 Å². The second-order valence-corrected chi connectivity index (χ2v) is 9.13. The average molecular weight is 439 g/mol. The minimum Gasteiger partial charge on any atom is -0.491 e. The monoisotopic (exact) mass is 438 g/mol. The minimum atomic E-state index is -3.76. The van der Waals surface area contributed by atoms with Crippen molar-refractivity contribution in [1.82, 2.24) is 5.32 Å². The van der Waals surface area contributed by atoms with E-state index < -0.39 is 10.0 Å². The number of nitrogens with one attached hydrogen (secondary N) is 2. The number of carbonyl (C=O) groups is 1.